The minimum Gasteiger partial charge on any atom is -0.298 e. The summed E-state index contributed by atoms with van der Waals surface area (Å²) < 4.78 is 29.0. The zero-order chi connectivity index (χ0) is 14.0. The summed E-state index contributed by atoms with van der Waals surface area (Å²) in [5.41, 5.74) is -0.0261. The monoisotopic (exact) mass is 264 g/mol. The molecule has 1 aromatic carbocycles. The third-order valence-corrected chi connectivity index (χ3v) is 3.13. The van der Waals surface area contributed by atoms with E-state index < -0.39 is 11.6 Å². The van der Waals surface area contributed by atoms with Crippen LogP contribution in [0.5, 0.6) is 0 Å². The maximum Gasteiger partial charge on any atom is 0.153 e. The van der Waals surface area contributed by atoms with Crippen LogP contribution in [0.25, 0.3) is 11.3 Å². The minimum atomic E-state index is -0.725. The van der Waals surface area contributed by atoms with E-state index in [1.54, 1.807) is 4.68 Å². The first kappa shape index (κ1) is 13.4. The van der Waals surface area contributed by atoms with Gasteiger partial charge in [-0.25, -0.2) is 8.78 Å². The lowest BCUT2D eigenvalue weighted by Gasteiger charge is -2.08. The number of carbonyl (C=O) groups is 1. The van der Waals surface area contributed by atoms with Crippen LogP contribution >= 0.6 is 0 Å². The van der Waals surface area contributed by atoms with Crippen molar-refractivity contribution in [2.45, 2.75) is 26.3 Å². The highest BCUT2D eigenvalue weighted by atomic mass is 19.1. The fourth-order valence-corrected chi connectivity index (χ4v) is 1.82. The molecule has 0 aliphatic rings. The van der Waals surface area contributed by atoms with Gasteiger partial charge in [0.05, 0.1) is 11.1 Å². The van der Waals surface area contributed by atoms with Crippen LogP contribution in [0.2, 0.25) is 0 Å². The maximum atomic E-state index is 13.7. The van der Waals surface area contributed by atoms with Crippen molar-refractivity contribution in [2.24, 2.45) is 0 Å². The fourth-order valence-electron chi connectivity index (χ4n) is 1.82. The molecular formula is C14H14F2N2O. The van der Waals surface area contributed by atoms with Gasteiger partial charge in [0, 0.05) is 12.2 Å². The first-order valence-electron chi connectivity index (χ1n) is 6.07. The SMILES string of the molecule is CCC(C)n1cc(C=O)c(-c2c(F)cccc2F)n1. The van der Waals surface area contributed by atoms with E-state index in [4.69, 9.17) is 0 Å². The highest BCUT2D eigenvalue weighted by molar-refractivity contribution is 5.85. The van der Waals surface area contributed by atoms with Gasteiger partial charge < -0.3 is 0 Å². The topological polar surface area (TPSA) is 34.9 Å². The Morgan fingerprint density at radius 3 is 2.53 bits per heavy atom. The molecule has 1 atom stereocenters. The molecule has 0 saturated heterocycles. The van der Waals surface area contributed by atoms with E-state index >= 15 is 0 Å². The Kier molecular flexibility index (Phi) is 3.74. The third kappa shape index (κ3) is 2.41. The minimum absolute atomic E-state index is 0.0471. The van der Waals surface area contributed by atoms with Crippen molar-refractivity contribution >= 4 is 6.29 Å². The van der Waals surface area contributed by atoms with Gasteiger partial charge in [-0.1, -0.05) is 13.0 Å². The summed E-state index contributed by atoms with van der Waals surface area (Å²) in [6, 6.07) is 3.63. The second-order valence-corrected chi connectivity index (χ2v) is 4.38. The van der Waals surface area contributed by atoms with Crippen LogP contribution in [0.4, 0.5) is 8.78 Å². The predicted octanol–water partition coefficient (Wildman–Crippen LogP) is 3.61. The van der Waals surface area contributed by atoms with Gasteiger partial charge in [-0.2, -0.15) is 5.10 Å². The average Bonchev–Trinajstić information content (AvgIpc) is 2.81. The lowest BCUT2D eigenvalue weighted by atomic mass is 10.1. The number of benzene rings is 1. The molecule has 0 amide bonds. The Labute approximate surface area is 109 Å². The number of hydrogen-bond acceptors (Lipinski definition) is 2. The van der Waals surface area contributed by atoms with Crippen molar-refractivity contribution in [1.82, 2.24) is 9.78 Å². The van der Waals surface area contributed by atoms with Crippen LogP contribution in [0, 0.1) is 11.6 Å². The van der Waals surface area contributed by atoms with E-state index in [2.05, 4.69) is 5.10 Å². The van der Waals surface area contributed by atoms with Gasteiger partial charge in [-0.05, 0) is 25.5 Å². The summed E-state index contributed by atoms with van der Waals surface area (Å²) in [6.45, 7) is 3.89. The molecule has 0 spiro atoms. The van der Waals surface area contributed by atoms with E-state index in [1.165, 1.54) is 12.3 Å². The second kappa shape index (κ2) is 5.30. The van der Waals surface area contributed by atoms with Crippen LogP contribution < -0.4 is 0 Å². The fraction of sp³-hybridized carbons (Fsp3) is 0.286. The van der Waals surface area contributed by atoms with Gasteiger partial charge >= 0.3 is 0 Å². The molecular weight excluding hydrogens is 250 g/mol. The molecule has 1 heterocycles. The van der Waals surface area contributed by atoms with Crippen molar-refractivity contribution in [2.75, 3.05) is 0 Å². The van der Waals surface area contributed by atoms with Gasteiger partial charge in [0.1, 0.15) is 17.3 Å². The Hall–Kier alpha value is -2.04. The van der Waals surface area contributed by atoms with Crippen molar-refractivity contribution in [3.63, 3.8) is 0 Å². The largest absolute Gasteiger partial charge is 0.298 e. The molecule has 5 heteroatoms. The summed E-state index contributed by atoms with van der Waals surface area (Å²) in [5.74, 6) is -1.45. The Bertz CT molecular complexity index is 587. The summed E-state index contributed by atoms with van der Waals surface area (Å²) in [5, 5.41) is 4.15. The van der Waals surface area contributed by atoms with Gasteiger partial charge in [0.15, 0.2) is 6.29 Å². The lowest BCUT2D eigenvalue weighted by molar-refractivity contribution is 0.112. The molecule has 1 unspecified atom stereocenters. The van der Waals surface area contributed by atoms with E-state index in [-0.39, 0.29) is 22.9 Å². The highest BCUT2D eigenvalue weighted by Gasteiger charge is 2.19. The molecule has 0 radical (unpaired) electrons. The molecule has 0 fully saturated rings. The number of nitrogens with zero attached hydrogens (tertiary/aromatic N) is 2. The van der Waals surface area contributed by atoms with Gasteiger partial charge in [-0.15, -0.1) is 0 Å². The van der Waals surface area contributed by atoms with Crippen LogP contribution in [-0.4, -0.2) is 16.1 Å². The van der Waals surface area contributed by atoms with Gasteiger partial charge in [-0.3, -0.25) is 9.48 Å². The number of aromatic nitrogens is 2. The molecule has 100 valence electrons. The summed E-state index contributed by atoms with van der Waals surface area (Å²) >= 11 is 0. The second-order valence-electron chi connectivity index (χ2n) is 4.38. The van der Waals surface area contributed by atoms with Crippen LogP contribution in [0.3, 0.4) is 0 Å². The maximum absolute atomic E-state index is 13.7. The summed E-state index contributed by atoms with van der Waals surface area (Å²) in [4.78, 5) is 11.0. The van der Waals surface area contributed by atoms with E-state index in [1.807, 2.05) is 13.8 Å². The van der Waals surface area contributed by atoms with E-state index in [0.29, 0.717) is 6.29 Å². The number of carbonyl (C=O) groups excluding carboxylic acids is 1. The molecule has 0 N–H and O–H groups in total. The smallest absolute Gasteiger partial charge is 0.153 e. The predicted molar refractivity (Wildman–Crippen MR) is 68.0 cm³/mol. The molecule has 0 aliphatic heterocycles. The zero-order valence-electron chi connectivity index (χ0n) is 10.7. The molecule has 0 saturated carbocycles. The zero-order valence-corrected chi connectivity index (χ0v) is 10.7. The van der Waals surface area contributed by atoms with Crippen molar-refractivity contribution < 1.29 is 13.6 Å². The first-order chi connectivity index (χ1) is 9.08. The molecule has 19 heavy (non-hydrogen) atoms. The van der Waals surface area contributed by atoms with Gasteiger partial charge in [0.25, 0.3) is 0 Å². The number of aldehydes is 1. The molecule has 1 aromatic heterocycles. The Morgan fingerprint density at radius 1 is 1.37 bits per heavy atom. The summed E-state index contributed by atoms with van der Waals surface area (Å²) in [7, 11) is 0. The lowest BCUT2D eigenvalue weighted by Crippen LogP contribution is -2.04. The molecule has 2 aromatic rings. The van der Waals surface area contributed by atoms with Crippen LogP contribution in [0.1, 0.15) is 36.7 Å². The quantitative estimate of drug-likeness (QED) is 0.791. The standard InChI is InChI=1S/C14H14F2N2O/c1-3-9(2)18-7-10(8-19)14(17-18)13-11(15)5-4-6-12(13)16/h4-9H,3H2,1-2H3. The third-order valence-electron chi connectivity index (χ3n) is 3.13. The van der Waals surface area contributed by atoms with E-state index in [9.17, 15) is 13.6 Å². The van der Waals surface area contributed by atoms with E-state index in [0.717, 1.165) is 18.6 Å². The van der Waals surface area contributed by atoms with Crippen molar-refractivity contribution in [3.8, 4) is 11.3 Å². The normalized spacial score (nSPS) is 12.4. The Morgan fingerprint density at radius 2 is 2.00 bits per heavy atom. The number of hydrogen-bond donors (Lipinski definition) is 0. The highest BCUT2D eigenvalue weighted by Crippen LogP contribution is 2.28. The molecule has 0 aliphatic carbocycles. The molecule has 2 rings (SSSR count). The van der Waals surface area contributed by atoms with Gasteiger partial charge in [0.2, 0.25) is 0 Å². The Balaban J connectivity index is 2.61. The van der Waals surface area contributed by atoms with Crippen LogP contribution in [-0.2, 0) is 0 Å². The molecule has 0 bridgehead atoms. The van der Waals surface area contributed by atoms with Crippen molar-refractivity contribution in [3.05, 3.63) is 41.6 Å². The first-order valence-corrected chi connectivity index (χ1v) is 6.07. The number of halogens is 2. The average molecular weight is 264 g/mol. The summed E-state index contributed by atoms with van der Waals surface area (Å²) in [6.07, 6.45) is 2.88. The van der Waals surface area contributed by atoms with Crippen molar-refractivity contribution in [1.29, 1.82) is 0 Å². The van der Waals surface area contributed by atoms with Crippen LogP contribution in [0.15, 0.2) is 24.4 Å². The number of rotatable bonds is 4. The molecule has 3 nitrogen and oxygen atoms in total.